The molecule has 2 aromatic carbocycles. The Kier molecular flexibility index (Phi) is 12.5. The molecule has 0 spiro atoms. The van der Waals surface area contributed by atoms with Gasteiger partial charge in [0.05, 0.1) is 35.3 Å². The highest BCUT2D eigenvalue weighted by molar-refractivity contribution is 7.92. The molecule has 0 aliphatic carbocycles. The van der Waals surface area contributed by atoms with Crippen LogP contribution in [0.1, 0.15) is 61.8 Å². The van der Waals surface area contributed by atoms with Crippen LogP contribution in [0.3, 0.4) is 0 Å². The quantitative estimate of drug-likeness (QED) is 0.294. The standard InChI is InChI=1S/C34H47N5O8S/c1-22-19-39(23(2)21-40)33(41)29-18-27(37-48(43,44)28-13-8-7-9-14-28)15-16-30(29)46-24(3)12-10-11-17-45-31(22)20-38(6)34(42)35-32-25(4)36-47-26(32)5/h7-9,13-16,18,22-24,31,37,40H,10-12,17,19-21H2,1-6H3,(H,35,42)/t22-,23+,24-,31-/m1/s1. The Morgan fingerprint density at radius 1 is 1.15 bits per heavy atom. The summed E-state index contributed by atoms with van der Waals surface area (Å²) in [7, 11) is -2.26. The van der Waals surface area contributed by atoms with Gasteiger partial charge in [-0.2, -0.15) is 0 Å². The zero-order valence-electron chi connectivity index (χ0n) is 28.4. The van der Waals surface area contributed by atoms with Crippen molar-refractivity contribution >= 4 is 33.3 Å². The molecule has 4 rings (SSSR count). The summed E-state index contributed by atoms with van der Waals surface area (Å²) in [4.78, 5) is 30.7. The lowest BCUT2D eigenvalue weighted by molar-refractivity contribution is -0.0115. The Balaban J connectivity index is 1.63. The lowest BCUT2D eigenvalue weighted by Gasteiger charge is -2.35. The van der Waals surface area contributed by atoms with E-state index in [4.69, 9.17) is 14.0 Å². The second-order valence-electron chi connectivity index (χ2n) is 12.4. The number of aliphatic hydroxyl groups is 1. The van der Waals surface area contributed by atoms with Crippen LogP contribution in [-0.4, -0.2) is 92.0 Å². The van der Waals surface area contributed by atoms with E-state index in [1.165, 1.54) is 23.1 Å². The topological polar surface area (TPSA) is 164 Å². The van der Waals surface area contributed by atoms with Crippen LogP contribution in [-0.2, 0) is 14.8 Å². The van der Waals surface area contributed by atoms with Gasteiger partial charge in [-0.3, -0.25) is 9.52 Å². The van der Waals surface area contributed by atoms with E-state index in [2.05, 4.69) is 15.2 Å². The number of carbonyl (C=O) groups excluding carboxylic acids is 2. The number of rotatable bonds is 8. The minimum atomic E-state index is -3.93. The molecule has 262 valence electrons. The molecule has 1 aliphatic heterocycles. The summed E-state index contributed by atoms with van der Waals surface area (Å²) in [5.74, 6) is 0.104. The van der Waals surface area contributed by atoms with Crippen molar-refractivity contribution in [3.05, 3.63) is 65.5 Å². The van der Waals surface area contributed by atoms with Crippen LogP contribution in [0, 0.1) is 19.8 Å². The number of ether oxygens (including phenoxy) is 2. The predicted molar refractivity (Wildman–Crippen MR) is 182 cm³/mol. The molecule has 1 aliphatic rings. The van der Waals surface area contributed by atoms with Crippen molar-refractivity contribution in [2.24, 2.45) is 5.92 Å². The molecule has 0 bridgehead atoms. The third-order valence-corrected chi connectivity index (χ3v) is 9.82. The van der Waals surface area contributed by atoms with Crippen LogP contribution in [0.25, 0.3) is 0 Å². The predicted octanol–water partition coefficient (Wildman–Crippen LogP) is 5.05. The highest BCUT2D eigenvalue weighted by atomic mass is 32.2. The van der Waals surface area contributed by atoms with Crippen LogP contribution >= 0.6 is 0 Å². The van der Waals surface area contributed by atoms with Crippen molar-refractivity contribution in [1.29, 1.82) is 0 Å². The van der Waals surface area contributed by atoms with Gasteiger partial charge in [0, 0.05) is 38.3 Å². The highest BCUT2D eigenvalue weighted by Crippen LogP contribution is 2.30. The summed E-state index contributed by atoms with van der Waals surface area (Å²) in [6.45, 7) is 9.60. The fourth-order valence-electron chi connectivity index (χ4n) is 5.48. The van der Waals surface area contributed by atoms with Crippen molar-refractivity contribution in [3.8, 4) is 5.75 Å². The molecule has 3 N–H and O–H groups in total. The third kappa shape index (κ3) is 9.26. The number of benzene rings is 2. The van der Waals surface area contributed by atoms with E-state index in [1.807, 2.05) is 13.8 Å². The second-order valence-corrected chi connectivity index (χ2v) is 14.1. The van der Waals surface area contributed by atoms with Crippen LogP contribution in [0.5, 0.6) is 5.75 Å². The maximum atomic E-state index is 14.4. The van der Waals surface area contributed by atoms with Gasteiger partial charge in [-0.05, 0) is 77.3 Å². The van der Waals surface area contributed by atoms with E-state index >= 15 is 0 Å². The van der Waals surface area contributed by atoms with E-state index in [0.717, 1.165) is 12.8 Å². The molecule has 0 fully saturated rings. The lowest BCUT2D eigenvalue weighted by Crippen LogP contribution is -2.48. The average Bonchev–Trinajstić information content (AvgIpc) is 3.38. The molecule has 0 unspecified atom stereocenters. The summed E-state index contributed by atoms with van der Waals surface area (Å²) in [5.41, 5.74) is 1.44. The minimum absolute atomic E-state index is 0.0852. The van der Waals surface area contributed by atoms with E-state index in [1.54, 1.807) is 63.1 Å². The number of likely N-dealkylation sites (N-methyl/N-ethyl adjacent to an activating group) is 1. The van der Waals surface area contributed by atoms with Crippen molar-refractivity contribution in [3.63, 3.8) is 0 Å². The fourth-order valence-corrected chi connectivity index (χ4v) is 6.55. The Morgan fingerprint density at radius 2 is 1.88 bits per heavy atom. The number of nitrogens with one attached hydrogen (secondary N) is 2. The third-order valence-electron chi connectivity index (χ3n) is 8.42. The molecule has 3 aromatic rings. The van der Waals surface area contributed by atoms with E-state index in [9.17, 15) is 23.1 Å². The summed E-state index contributed by atoms with van der Waals surface area (Å²) < 4.78 is 46.6. The van der Waals surface area contributed by atoms with Crippen molar-refractivity contribution in [2.75, 3.05) is 43.4 Å². The zero-order valence-corrected chi connectivity index (χ0v) is 29.2. The van der Waals surface area contributed by atoms with Crippen molar-refractivity contribution < 1.29 is 37.1 Å². The molecule has 1 aromatic heterocycles. The second kappa shape index (κ2) is 16.3. The summed E-state index contributed by atoms with van der Waals surface area (Å²) in [6, 6.07) is 11.6. The summed E-state index contributed by atoms with van der Waals surface area (Å²) in [5, 5.41) is 17.0. The number of hydrogen-bond acceptors (Lipinski definition) is 9. The van der Waals surface area contributed by atoms with E-state index in [0.29, 0.717) is 35.9 Å². The molecule has 0 saturated carbocycles. The number of aliphatic hydroxyl groups excluding tert-OH is 1. The molecule has 2 heterocycles. The molecule has 14 heteroatoms. The van der Waals surface area contributed by atoms with Gasteiger partial charge in [0.1, 0.15) is 17.1 Å². The number of nitrogens with zero attached hydrogens (tertiary/aromatic N) is 3. The first-order valence-electron chi connectivity index (χ1n) is 16.2. The lowest BCUT2D eigenvalue weighted by atomic mass is 10.0. The minimum Gasteiger partial charge on any atom is -0.490 e. The van der Waals surface area contributed by atoms with Crippen LogP contribution < -0.4 is 14.8 Å². The van der Waals surface area contributed by atoms with Crippen LogP contribution in [0.2, 0.25) is 0 Å². The Labute approximate surface area is 282 Å². The number of amides is 3. The van der Waals surface area contributed by atoms with Crippen molar-refractivity contribution in [2.45, 2.75) is 77.0 Å². The number of fused-ring (bicyclic) bond motifs is 1. The number of urea groups is 1. The molecule has 48 heavy (non-hydrogen) atoms. The van der Waals surface area contributed by atoms with Gasteiger partial charge >= 0.3 is 6.03 Å². The zero-order chi connectivity index (χ0) is 35.0. The van der Waals surface area contributed by atoms with E-state index < -0.39 is 28.1 Å². The van der Waals surface area contributed by atoms with Gasteiger partial charge in [0.25, 0.3) is 15.9 Å². The Bertz CT molecular complexity index is 1630. The van der Waals surface area contributed by atoms with Gasteiger partial charge in [0.15, 0.2) is 5.76 Å². The van der Waals surface area contributed by atoms with E-state index in [-0.39, 0.29) is 53.9 Å². The maximum Gasteiger partial charge on any atom is 0.321 e. The average molecular weight is 686 g/mol. The van der Waals surface area contributed by atoms with Crippen LogP contribution in [0.15, 0.2) is 57.9 Å². The van der Waals surface area contributed by atoms with Crippen molar-refractivity contribution in [1.82, 2.24) is 15.0 Å². The number of aryl methyl sites for hydroxylation is 2. The summed E-state index contributed by atoms with van der Waals surface area (Å²) >= 11 is 0. The number of hydrogen-bond donors (Lipinski definition) is 3. The number of aromatic nitrogens is 1. The molecular weight excluding hydrogens is 638 g/mol. The molecule has 0 radical (unpaired) electrons. The largest absolute Gasteiger partial charge is 0.490 e. The molecular formula is C34H47N5O8S. The monoisotopic (exact) mass is 685 g/mol. The molecule has 13 nitrogen and oxygen atoms in total. The number of anilines is 2. The number of carbonyl (C=O) groups is 2. The first kappa shape index (κ1) is 36.7. The smallest absolute Gasteiger partial charge is 0.321 e. The Hall–Kier alpha value is -4.14. The summed E-state index contributed by atoms with van der Waals surface area (Å²) in [6.07, 6.45) is 1.55. The first-order valence-corrected chi connectivity index (χ1v) is 17.7. The fraction of sp³-hybridized carbons (Fsp3) is 0.500. The Morgan fingerprint density at radius 3 is 2.54 bits per heavy atom. The first-order chi connectivity index (χ1) is 22.8. The SMILES string of the molecule is Cc1noc(C)c1NC(=O)N(C)C[C@H]1OCCCC[C@@H](C)Oc2ccc(NS(=O)(=O)c3ccccc3)cc2C(=O)N([C@@H](C)CO)C[C@H]1C. The molecule has 3 amide bonds. The van der Waals surface area contributed by atoms with Gasteiger partial charge in [-0.15, -0.1) is 0 Å². The molecule has 0 saturated heterocycles. The normalized spacial score (nSPS) is 20.2. The van der Waals surface area contributed by atoms with Gasteiger partial charge in [-0.25, -0.2) is 13.2 Å². The van der Waals surface area contributed by atoms with Gasteiger partial charge in [-0.1, -0.05) is 30.3 Å². The van der Waals surface area contributed by atoms with Gasteiger partial charge in [0.2, 0.25) is 0 Å². The molecule has 4 atom stereocenters. The van der Waals surface area contributed by atoms with Gasteiger partial charge < -0.3 is 34.2 Å². The van der Waals surface area contributed by atoms with Crippen LogP contribution in [0.4, 0.5) is 16.2 Å². The highest BCUT2D eigenvalue weighted by Gasteiger charge is 2.31. The maximum absolute atomic E-state index is 14.4. The number of sulfonamides is 1.